The number of halogens is 1. The first kappa shape index (κ1) is 23.9. The number of anilines is 1. The number of hydrogen-bond donors (Lipinski definition) is 1. The van der Waals surface area contributed by atoms with Crippen LogP contribution in [-0.2, 0) is 4.79 Å². The van der Waals surface area contributed by atoms with Gasteiger partial charge in [-0.15, -0.1) is 10.2 Å². The van der Waals surface area contributed by atoms with Gasteiger partial charge in [-0.1, -0.05) is 95.7 Å². The van der Waals surface area contributed by atoms with Gasteiger partial charge in [-0.05, 0) is 48.9 Å². The highest BCUT2D eigenvalue weighted by atomic mass is 35.5. The molecule has 1 amide bonds. The van der Waals surface area contributed by atoms with Gasteiger partial charge in [0.2, 0.25) is 5.91 Å². The highest BCUT2D eigenvalue weighted by molar-refractivity contribution is 7.99. The molecule has 1 N–H and O–H groups in total. The second-order valence-corrected chi connectivity index (χ2v) is 9.61. The minimum absolute atomic E-state index is 0.119. The molecule has 178 valence electrons. The van der Waals surface area contributed by atoms with E-state index in [1.54, 1.807) is 0 Å². The largest absolute Gasteiger partial charge is 0.325 e. The fraction of sp³-hybridized carbons (Fsp3) is 0.0690. The van der Waals surface area contributed by atoms with Gasteiger partial charge in [-0.25, -0.2) is 0 Å². The molecular formula is C29H23ClN4OS. The molecule has 0 aliphatic carbocycles. The van der Waals surface area contributed by atoms with Crippen molar-refractivity contribution in [3.05, 3.63) is 114 Å². The summed E-state index contributed by atoms with van der Waals surface area (Å²) in [5.74, 6) is 0.771. The average Bonchev–Trinajstić information content (AvgIpc) is 3.33. The lowest BCUT2D eigenvalue weighted by molar-refractivity contribution is -0.113. The molecule has 5 aromatic rings. The summed E-state index contributed by atoms with van der Waals surface area (Å²) in [6.45, 7) is 2.04. The van der Waals surface area contributed by atoms with Gasteiger partial charge in [0.25, 0.3) is 0 Å². The highest BCUT2D eigenvalue weighted by Gasteiger charge is 2.18. The minimum Gasteiger partial charge on any atom is -0.325 e. The fourth-order valence-electron chi connectivity index (χ4n) is 3.94. The Bertz CT molecular complexity index is 1500. The van der Waals surface area contributed by atoms with Crippen molar-refractivity contribution in [3.8, 4) is 28.2 Å². The van der Waals surface area contributed by atoms with Crippen LogP contribution in [0.2, 0.25) is 5.02 Å². The van der Waals surface area contributed by atoms with Crippen LogP contribution in [-0.4, -0.2) is 26.4 Å². The Morgan fingerprint density at radius 3 is 2.36 bits per heavy atom. The second kappa shape index (κ2) is 10.8. The van der Waals surface area contributed by atoms with Crippen molar-refractivity contribution in [2.75, 3.05) is 11.1 Å². The summed E-state index contributed by atoms with van der Waals surface area (Å²) in [6.07, 6.45) is 0. The number of amides is 1. The summed E-state index contributed by atoms with van der Waals surface area (Å²) in [6, 6.07) is 33.4. The van der Waals surface area contributed by atoms with Crippen LogP contribution in [0.4, 0.5) is 5.69 Å². The first-order chi connectivity index (χ1) is 17.6. The van der Waals surface area contributed by atoms with Crippen LogP contribution >= 0.6 is 23.4 Å². The number of benzene rings is 4. The van der Waals surface area contributed by atoms with E-state index in [2.05, 4.69) is 21.6 Å². The van der Waals surface area contributed by atoms with Gasteiger partial charge >= 0.3 is 0 Å². The number of nitrogens with zero attached hydrogens (tertiary/aromatic N) is 3. The Kier molecular flexibility index (Phi) is 7.16. The van der Waals surface area contributed by atoms with E-state index in [9.17, 15) is 4.79 Å². The maximum absolute atomic E-state index is 13.0. The second-order valence-electron chi connectivity index (χ2n) is 8.24. The first-order valence-electron chi connectivity index (χ1n) is 11.4. The third-order valence-corrected chi connectivity index (χ3v) is 6.79. The highest BCUT2D eigenvalue weighted by Crippen LogP contribution is 2.30. The van der Waals surface area contributed by atoms with Crippen molar-refractivity contribution < 1.29 is 4.79 Å². The number of carbonyl (C=O) groups is 1. The molecule has 0 aliphatic rings. The molecule has 0 atom stereocenters. The van der Waals surface area contributed by atoms with E-state index >= 15 is 0 Å². The van der Waals surface area contributed by atoms with Gasteiger partial charge in [-0.3, -0.25) is 9.36 Å². The summed E-state index contributed by atoms with van der Waals surface area (Å²) < 4.78 is 1.96. The maximum atomic E-state index is 13.0. The minimum atomic E-state index is -0.119. The molecule has 36 heavy (non-hydrogen) atoms. The Balaban J connectivity index is 1.40. The molecule has 1 heterocycles. The number of carbonyl (C=O) groups excluding carboxylic acids is 1. The van der Waals surface area contributed by atoms with Gasteiger partial charge in [0.1, 0.15) is 0 Å². The predicted octanol–water partition coefficient (Wildman–Crippen LogP) is 7.29. The van der Waals surface area contributed by atoms with Crippen LogP contribution in [0.15, 0.2) is 108 Å². The van der Waals surface area contributed by atoms with Gasteiger partial charge in [0.15, 0.2) is 11.0 Å². The summed E-state index contributed by atoms with van der Waals surface area (Å²) >= 11 is 7.47. The van der Waals surface area contributed by atoms with Gasteiger partial charge < -0.3 is 5.32 Å². The molecule has 0 bridgehead atoms. The monoisotopic (exact) mass is 510 g/mol. The Morgan fingerprint density at radius 2 is 1.58 bits per heavy atom. The molecule has 0 spiro atoms. The summed E-state index contributed by atoms with van der Waals surface area (Å²) in [4.78, 5) is 13.0. The van der Waals surface area contributed by atoms with Crippen molar-refractivity contribution in [2.45, 2.75) is 12.1 Å². The normalized spacial score (nSPS) is 10.8. The number of hydrogen-bond acceptors (Lipinski definition) is 4. The third-order valence-electron chi connectivity index (χ3n) is 5.61. The van der Waals surface area contributed by atoms with E-state index in [-0.39, 0.29) is 11.7 Å². The van der Waals surface area contributed by atoms with Crippen molar-refractivity contribution in [1.82, 2.24) is 14.8 Å². The van der Waals surface area contributed by atoms with Gasteiger partial charge in [-0.2, -0.15) is 0 Å². The van der Waals surface area contributed by atoms with Gasteiger partial charge in [0.05, 0.1) is 5.75 Å². The molecule has 5 nitrogen and oxygen atoms in total. The first-order valence-corrected chi connectivity index (χ1v) is 12.8. The molecule has 1 aromatic heterocycles. The number of nitrogens with one attached hydrogen (secondary N) is 1. The van der Waals surface area contributed by atoms with Crippen molar-refractivity contribution in [1.29, 1.82) is 0 Å². The average molecular weight is 511 g/mol. The molecule has 5 rings (SSSR count). The third kappa shape index (κ3) is 5.35. The Morgan fingerprint density at radius 1 is 0.861 bits per heavy atom. The fourth-order valence-corrected chi connectivity index (χ4v) is 4.81. The van der Waals surface area contributed by atoms with E-state index in [0.717, 1.165) is 33.6 Å². The molecule has 7 heteroatoms. The molecule has 0 unspecified atom stereocenters. The number of thioether (sulfide) groups is 1. The molecular weight excluding hydrogens is 488 g/mol. The SMILES string of the molecule is Cc1cccc(-c2nnc(SCC(=O)Nc3ccccc3-c3ccccc3)n2-c2ccc(Cl)cc2)c1. The van der Waals surface area contributed by atoms with E-state index in [1.165, 1.54) is 11.8 Å². The van der Waals surface area contributed by atoms with Gasteiger partial charge in [0, 0.05) is 27.5 Å². The lowest BCUT2D eigenvalue weighted by Gasteiger charge is -2.12. The number of para-hydroxylation sites is 1. The molecule has 0 aliphatic heterocycles. The van der Waals surface area contributed by atoms with E-state index in [4.69, 9.17) is 11.6 Å². The van der Waals surface area contributed by atoms with Crippen molar-refractivity contribution >= 4 is 35.0 Å². The van der Waals surface area contributed by atoms with Crippen LogP contribution in [0.5, 0.6) is 0 Å². The van der Waals surface area contributed by atoms with Crippen LogP contribution in [0, 0.1) is 6.92 Å². The summed E-state index contributed by atoms with van der Waals surface area (Å²) in [5, 5.41) is 13.2. The Labute approximate surface area is 219 Å². The smallest absolute Gasteiger partial charge is 0.234 e. The molecule has 0 saturated carbocycles. The zero-order valence-electron chi connectivity index (χ0n) is 19.6. The maximum Gasteiger partial charge on any atom is 0.234 e. The lowest BCUT2D eigenvalue weighted by atomic mass is 10.0. The lowest BCUT2D eigenvalue weighted by Crippen LogP contribution is -2.15. The molecule has 0 radical (unpaired) electrons. The van der Waals surface area contributed by atoms with Crippen molar-refractivity contribution in [2.24, 2.45) is 0 Å². The zero-order valence-corrected chi connectivity index (χ0v) is 21.1. The molecule has 0 saturated heterocycles. The van der Waals surface area contributed by atoms with Crippen LogP contribution < -0.4 is 5.32 Å². The van der Waals surface area contributed by atoms with E-state index < -0.39 is 0 Å². The molecule has 4 aromatic carbocycles. The van der Waals surface area contributed by atoms with E-state index in [0.29, 0.717) is 16.0 Å². The van der Waals surface area contributed by atoms with Crippen LogP contribution in [0.25, 0.3) is 28.2 Å². The quantitative estimate of drug-likeness (QED) is 0.233. The van der Waals surface area contributed by atoms with Crippen molar-refractivity contribution in [3.63, 3.8) is 0 Å². The topological polar surface area (TPSA) is 59.8 Å². The predicted molar refractivity (Wildman–Crippen MR) is 148 cm³/mol. The molecule has 0 fully saturated rings. The zero-order chi connectivity index (χ0) is 24.9. The number of rotatable bonds is 7. The van der Waals surface area contributed by atoms with E-state index in [1.807, 2.05) is 109 Å². The standard InChI is InChI=1S/C29H23ClN4OS/c1-20-8-7-11-22(18-20)28-32-33-29(34(28)24-16-14-23(30)15-17-24)36-19-27(35)31-26-13-6-5-12-25(26)21-9-3-2-4-10-21/h2-18H,19H2,1H3,(H,31,35). The Hall–Kier alpha value is -3.87. The summed E-state index contributed by atoms with van der Waals surface area (Å²) in [7, 11) is 0. The number of aromatic nitrogens is 3. The van der Waals surface area contributed by atoms with Crippen LogP contribution in [0.1, 0.15) is 5.56 Å². The number of aryl methyl sites for hydroxylation is 1. The summed E-state index contributed by atoms with van der Waals surface area (Å²) in [5.41, 5.74) is 5.75. The van der Waals surface area contributed by atoms with Crippen LogP contribution in [0.3, 0.4) is 0 Å².